The monoisotopic (exact) mass is 230 g/mol. The number of rotatable bonds is 4. The molecular weight excluding hydrogens is 212 g/mol. The molecule has 0 aromatic rings. The minimum Gasteiger partial charge on any atom is -0.478 e. The number of carbonyl (C=O) groups is 1. The van der Waals surface area contributed by atoms with Crippen molar-refractivity contribution in [3.05, 3.63) is 12.2 Å². The molecule has 0 bridgehead atoms. The van der Waals surface area contributed by atoms with Crippen molar-refractivity contribution in [1.29, 1.82) is 5.26 Å². The summed E-state index contributed by atoms with van der Waals surface area (Å²) in [6.45, 7) is 0.453. The van der Waals surface area contributed by atoms with Crippen molar-refractivity contribution in [2.45, 2.75) is 18.2 Å². The zero-order valence-corrected chi connectivity index (χ0v) is 8.84. The molecule has 0 rings (SSSR count). The lowest BCUT2D eigenvalue weighted by Gasteiger charge is -2.25. The average molecular weight is 230 g/mol. The van der Waals surface area contributed by atoms with E-state index >= 15 is 0 Å². The fraction of sp³-hybridized carbons (Fsp3) is 0.500. The van der Waals surface area contributed by atoms with Gasteiger partial charge in [-0.15, -0.1) is 0 Å². The van der Waals surface area contributed by atoms with Crippen molar-refractivity contribution in [1.82, 2.24) is 0 Å². The molecule has 0 saturated carbocycles. The first kappa shape index (κ1) is 16.9. The number of nitrogens with two attached hydrogens (primary N) is 5. The Morgan fingerprint density at radius 2 is 2.00 bits per heavy atom. The number of carboxylic acid groups (broad SMARTS) is 1. The predicted octanol–water partition coefficient (Wildman–Crippen LogP) is -2.66. The van der Waals surface area contributed by atoms with Crippen molar-refractivity contribution in [2.24, 2.45) is 28.7 Å². The molecule has 0 aliphatic heterocycles. The van der Waals surface area contributed by atoms with Crippen LogP contribution in [-0.2, 0) is 4.79 Å². The van der Waals surface area contributed by atoms with Crippen LogP contribution in [0.1, 0.15) is 6.42 Å². The summed E-state index contributed by atoms with van der Waals surface area (Å²) < 4.78 is 0. The van der Waals surface area contributed by atoms with Crippen LogP contribution in [0.2, 0.25) is 0 Å². The molecule has 1 unspecified atom stereocenters. The Labute approximate surface area is 93.7 Å². The lowest BCUT2D eigenvalue weighted by Crippen LogP contribution is -2.69. The summed E-state index contributed by atoms with van der Waals surface area (Å²) in [4.78, 5) is 9.52. The Bertz CT molecular complexity index is 265. The standard InChI is InChI=1S/C4H15N5.C4H3NO2/c5-2-1-3(6)4(7,8)9;5-3-1-2-4(6)7/h3H,1-2,5-9H2;1-2H,(H,6,7). The fourth-order valence-corrected chi connectivity index (χ4v) is 0.538. The number of hydrogen-bond donors (Lipinski definition) is 6. The van der Waals surface area contributed by atoms with Gasteiger partial charge in [0.15, 0.2) is 0 Å². The molecule has 0 amide bonds. The molecule has 0 radical (unpaired) electrons. The van der Waals surface area contributed by atoms with Crippen LogP contribution < -0.4 is 28.7 Å². The SMILES string of the molecule is N#CC=CC(=O)O.NCCC(N)C(N)(N)N. The second-order valence-corrected chi connectivity index (χ2v) is 2.98. The molecule has 0 saturated heterocycles. The van der Waals surface area contributed by atoms with Gasteiger partial charge in [-0.2, -0.15) is 5.26 Å². The van der Waals surface area contributed by atoms with Gasteiger partial charge in [-0.3, -0.25) is 17.2 Å². The zero-order chi connectivity index (χ0) is 13.2. The third kappa shape index (κ3) is 12.5. The number of carboxylic acids is 1. The van der Waals surface area contributed by atoms with E-state index in [-0.39, 0.29) is 0 Å². The minimum absolute atomic E-state index is 0.428. The molecule has 1 atom stereocenters. The van der Waals surface area contributed by atoms with Gasteiger partial charge in [0, 0.05) is 12.2 Å². The molecule has 0 aromatic heterocycles. The number of hydrogen-bond acceptors (Lipinski definition) is 7. The van der Waals surface area contributed by atoms with E-state index in [1.54, 1.807) is 0 Å². The topological polar surface area (TPSA) is 191 Å². The van der Waals surface area contributed by atoms with Crippen molar-refractivity contribution in [3.8, 4) is 6.07 Å². The van der Waals surface area contributed by atoms with Crippen LogP contribution in [0.25, 0.3) is 0 Å². The Kier molecular flexibility index (Phi) is 9.28. The summed E-state index contributed by atoms with van der Waals surface area (Å²) in [6.07, 6.45) is 2.23. The maximum atomic E-state index is 9.52. The van der Waals surface area contributed by atoms with Crippen LogP contribution in [0, 0.1) is 11.3 Å². The van der Waals surface area contributed by atoms with Gasteiger partial charge in [-0.25, -0.2) is 4.79 Å². The van der Waals surface area contributed by atoms with Crippen molar-refractivity contribution >= 4 is 5.97 Å². The Hall–Kier alpha value is -1.50. The molecular formula is C8H18N6O2. The molecule has 16 heavy (non-hydrogen) atoms. The van der Waals surface area contributed by atoms with Crippen molar-refractivity contribution in [3.63, 3.8) is 0 Å². The van der Waals surface area contributed by atoms with E-state index in [0.29, 0.717) is 13.0 Å². The largest absolute Gasteiger partial charge is 0.478 e. The first-order valence-corrected chi connectivity index (χ1v) is 4.37. The first-order valence-electron chi connectivity index (χ1n) is 4.37. The highest BCUT2D eigenvalue weighted by Crippen LogP contribution is 1.91. The zero-order valence-electron chi connectivity index (χ0n) is 8.84. The second-order valence-electron chi connectivity index (χ2n) is 2.98. The van der Waals surface area contributed by atoms with Gasteiger partial charge in [-0.05, 0) is 13.0 Å². The number of aliphatic carboxylic acids is 1. The first-order chi connectivity index (χ1) is 7.25. The molecule has 0 aliphatic carbocycles. The van der Waals surface area contributed by atoms with E-state index in [1.807, 2.05) is 0 Å². The predicted molar refractivity (Wildman–Crippen MR) is 59.3 cm³/mol. The quantitative estimate of drug-likeness (QED) is 0.171. The summed E-state index contributed by atoms with van der Waals surface area (Å²) >= 11 is 0. The van der Waals surface area contributed by atoms with E-state index in [2.05, 4.69) is 0 Å². The van der Waals surface area contributed by atoms with Gasteiger partial charge in [-0.1, -0.05) is 0 Å². The number of allylic oxidation sites excluding steroid dienone is 1. The highest BCUT2D eigenvalue weighted by atomic mass is 16.4. The summed E-state index contributed by atoms with van der Waals surface area (Å²) in [5.74, 6) is -2.39. The normalized spacial score (nSPS) is 12.5. The Balaban J connectivity index is 0. The van der Waals surface area contributed by atoms with Crippen LogP contribution in [-0.4, -0.2) is 29.4 Å². The number of nitrogens with zero attached hydrogens (tertiary/aromatic N) is 1. The van der Waals surface area contributed by atoms with Crippen LogP contribution in [0.15, 0.2) is 12.2 Å². The van der Waals surface area contributed by atoms with Gasteiger partial charge in [0.25, 0.3) is 0 Å². The van der Waals surface area contributed by atoms with Crippen molar-refractivity contribution < 1.29 is 9.90 Å². The van der Waals surface area contributed by atoms with Crippen LogP contribution >= 0.6 is 0 Å². The third-order valence-electron chi connectivity index (χ3n) is 1.42. The molecule has 0 heterocycles. The van der Waals surface area contributed by atoms with E-state index in [0.717, 1.165) is 12.2 Å². The van der Waals surface area contributed by atoms with Gasteiger partial charge in [0.05, 0.1) is 12.1 Å². The van der Waals surface area contributed by atoms with Gasteiger partial charge in [0.2, 0.25) is 0 Å². The minimum atomic E-state index is -1.29. The molecule has 11 N–H and O–H groups in total. The highest BCUT2D eigenvalue weighted by Gasteiger charge is 2.20. The highest BCUT2D eigenvalue weighted by molar-refractivity contribution is 5.80. The third-order valence-corrected chi connectivity index (χ3v) is 1.42. The maximum Gasteiger partial charge on any atom is 0.329 e. The second kappa shape index (κ2) is 8.78. The van der Waals surface area contributed by atoms with E-state index in [4.69, 9.17) is 39.0 Å². The molecule has 0 spiro atoms. The lowest BCUT2D eigenvalue weighted by molar-refractivity contribution is -0.131. The molecule has 92 valence electrons. The van der Waals surface area contributed by atoms with Gasteiger partial charge in [0.1, 0.15) is 5.79 Å². The summed E-state index contributed by atoms with van der Waals surface area (Å²) in [6, 6.07) is 1.11. The van der Waals surface area contributed by atoms with Crippen LogP contribution in [0.4, 0.5) is 0 Å². The number of nitriles is 1. The summed E-state index contributed by atoms with van der Waals surface area (Å²) in [5.41, 5.74) is 26.3. The van der Waals surface area contributed by atoms with Gasteiger partial charge >= 0.3 is 5.97 Å². The van der Waals surface area contributed by atoms with E-state index in [1.165, 1.54) is 6.07 Å². The van der Waals surface area contributed by atoms with Crippen LogP contribution in [0.5, 0.6) is 0 Å². The smallest absolute Gasteiger partial charge is 0.329 e. The molecule has 0 fully saturated rings. The summed E-state index contributed by atoms with van der Waals surface area (Å²) in [7, 11) is 0. The summed E-state index contributed by atoms with van der Waals surface area (Å²) in [5, 5.41) is 15.5. The molecule has 0 aliphatic rings. The molecule has 8 nitrogen and oxygen atoms in total. The molecule has 8 heteroatoms. The van der Waals surface area contributed by atoms with Crippen LogP contribution in [0.3, 0.4) is 0 Å². The van der Waals surface area contributed by atoms with Gasteiger partial charge < -0.3 is 16.6 Å². The van der Waals surface area contributed by atoms with E-state index in [9.17, 15) is 4.79 Å². The lowest BCUT2D eigenvalue weighted by atomic mass is 10.1. The Morgan fingerprint density at radius 3 is 2.12 bits per heavy atom. The Morgan fingerprint density at radius 1 is 1.50 bits per heavy atom. The maximum absolute atomic E-state index is 9.52. The fourth-order valence-electron chi connectivity index (χ4n) is 0.538. The average Bonchev–Trinajstić information content (AvgIpc) is 2.14. The molecule has 0 aromatic carbocycles. The van der Waals surface area contributed by atoms with E-state index < -0.39 is 17.8 Å². The van der Waals surface area contributed by atoms with Crippen molar-refractivity contribution in [2.75, 3.05) is 6.54 Å².